The zero-order valence-corrected chi connectivity index (χ0v) is 17.8. The minimum Gasteiger partial charge on any atom is -0.504 e. The Kier molecular flexibility index (Phi) is 4.81. The van der Waals surface area contributed by atoms with Crippen molar-refractivity contribution < 1.29 is 14.6 Å². The number of hydrogen-bond acceptors (Lipinski definition) is 4. The van der Waals surface area contributed by atoms with Crippen LogP contribution in [-0.4, -0.2) is 17.8 Å². The Morgan fingerprint density at radius 1 is 1.21 bits per heavy atom. The fraction of sp³-hybridized carbons (Fsp3) is 0.360. The van der Waals surface area contributed by atoms with E-state index in [1.54, 1.807) is 13.2 Å². The van der Waals surface area contributed by atoms with Gasteiger partial charge in [0.15, 0.2) is 11.5 Å². The number of aromatic hydroxyl groups is 1. The van der Waals surface area contributed by atoms with E-state index in [1.807, 2.05) is 6.07 Å². The Balaban J connectivity index is 2.00. The fourth-order valence-corrected chi connectivity index (χ4v) is 4.49. The number of rotatable bonds is 4. The Morgan fingerprint density at radius 3 is 2.72 bits per heavy atom. The van der Waals surface area contributed by atoms with E-state index in [2.05, 4.69) is 63.4 Å². The molecule has 152 valence electrons. The molecule has 0 bridgehead atoms. The highest BCUT2D eigenvalue weighted by Crippen LogP contribution is 2.54. The Morgan fingerprint density at radius 2 is 2.00 bits per heavy atom. The number of ether oxygens (including phenoxy) is 2. The summed E-state index contributed by atoms with van der Waals surface area (Å²) in [5.74, 6) is 1.29. The molecular weight excluding hydrogens is 362 g/mol. The first-order chi connectivity index (χ1) is 13.9. The number of phenolic OH excluding ortho intramolecular Hbond substituents is 1. The molecule has 0 aliphatic carbocycles. The Hall–Kier alpha value is -2.88. The van der Waals surface area contributed by atoms with Gasteiger partial charge in [-0.05, 0) is 62.6 Å². The van der Waals surface area contributed by atoms with Gasteiger partial charge in [0.25, 0.3) is 0 Å². The maximum Gasteiger partial charge on any atom is 0.172 e. The number of hydrogen-bond donors (Lipinski definition) is 2. The van der Waals surface area contributed by atoms with Crippen molar-refractivity contribution in [3.8, 4) is 28.4 Å². The second kappa shape index (κ2) is 7.18. The van der Waals surface area contributed by atoms with E-state index in [-0.39, 0.29) is 17.4 Å². The van der Waals surface area contributed by atoms with E-state index in [0.29, 0.717) is 5.75 Å². The first kappa shape index (κ1) is 19.4. The van der Waals surface area contributed by atoms with Crippen LogP contribution in [0.3, 0.4) is 0 Å². The molecule has 29 heavy (non-hydrogen) atoms. The smallest absolute Gasteiger partial charge is 0.172 e. The predicted octanol–water partition coefficient (Wildman–Crippen LogP) is 6.47. The van der Waals surface area contributed by atoms with E-state index in [4.69, 9.17) is 9.47 Å². The van der Waals surface area contributed by atoms with Crippen molar-refractivity contribution in [1.29, 1.82) is 0 Å². The molecule has 2 aliphatic rings. The molecule has 0 saturated carbocycles. The molecule has 0 fully saturated rings. The third-order valence-corrected chi connectivity index (χ3v) is 5.55. The normalized spacial score (nSPS) is 18.8. The topological polar surface area (TPSA) is 50.7 Å². The molecule has 4 heteroatoms. The summed E-state index contributed by atoms with van der Waals surface area (Å²) in [6.45, 7) is 8.67. The van der Waals surface area contributed by atoms with Crippen molar-refractivity contribution in [3.63, 3.8) is 0 Å². The quantitative estimate of drug-likeness (QED) is 0.587. The third-order valence-electron chi connectivity index (χ3n) is 5.55. The molecule has 0 radical (unpaired) electrons. The van der Waals surface area contributed by atoms with Crippen molar-refractivity contribution >= 4 is 11.3 Å². The van der Waals surface area contributed by atoms with Gasteiger partial charge in [-0.2, -0.15) is 0 Å². The van der Waals surface area contributed by atoms with Crippen molar-refractivity contribution in [2.24, 2.45) is 0 Å². The molecule has 2 heterocycles. The summed E-state index contributed by atoms with van der Waals surface area (Å²) in [6, 6.07) is 7.68. The maximum absolute atomic E-state index is 10.4. The van der Waals surface area contributed by atoms with Crippen LogP contribution >= 0.6 is 0 Å². The molecule has 4 rings (SSSR count). The molecule has 1 unspecified atom stereocenters. The van der Waals surface area contributed by atoms with Gasteiger partial charge < -0.3 is 19.9 Å². The molecule has 2 aromatic rings. The van der Waals surface area contributed by atoms with Crippen LogP contribution in [0.15, 0.2) is 42.5 Å². The predicted molar refractivity (Wildman–Crippen MR) is 119 cm³/mol. The van der Waals surface area contributed by atoms with Crippen molar-refractivity contribution in [2.75, 3.05) is 12.4 Å². The van der Waals surface area contributed by atoms with Gasteiger partial charge in [-0.3, -0.25) is 0 Å². The van der Waals surface area contributed by atoms with Gasteiger partial charge in [0.2, 0.25) is 0 Å². The monoisotopic (exact) mass is 391 g/mol. The minimum absolute atomic E-state index is 0.109. The van der Waals surface area contributed by atoms with Gasteiger partial charge in [-0.15, -0.1) is 0 Å². The average molecular weight is 392 g/mol. The lowest BCUT2D eigenvalue weighted by molar-refractivity contribution is 0.248. The van der Waals surface area contributed by atoms with Crippen LogP contribution in [0.25, 0.3) is 16.7 Å². The summed E-state index contributed by atoms with van der Waals surface area (Å²) in [4.78, 5) is 0. The zero-order chi connectivity index (χ0) is 20.8. The summed E-state index contributed by atoms with van der Waals surface area (Å²) in [5.41, 5.74) is 6.35. The second-order valence-electron chi connectivity index (χ2n) is 8.37. The molecule has 0 aromatic heterocycles. The second-order valence-corrected chi connectivity index (χ2v) is 8.37. The number of fused-ring (bicyclic) bond motifs is 5. The van der Waals surface area contributed by atoms with Crippen LogP contribution in [0.5, 0.6) is 17.2 Å². The van der Waals surface area contributed by atoms with Crippen molar-refractivity contribution in [1.82, 2.24) is 0 Å². The third kappa shape index (κ3) is 3.27. The lowest BCUT2D eigenvalue weighted by Gasteiger charge is -2.36. The molecule has 2 N–H and O–H groups in total. The molecule has 0 amide bonds. The van der Waals surface area contributed by atoms with Crippen molar-refractivity contribution in [3.05, 3.63) is 53.6 Å². The van der Waals surface area contributed by atoms with Gasteiger partial charge in [0.1, 0.15) is 11.9 Å². The Bertz CT molecular complexity index is 1020. The summed E-state index contributed by atoms with van der Waals surface area (Å²) in [7, 11) is 1.58. The maximum atomic E-state index is 10.4. The van der Waals surface area contributed by atoms with E-state index >= 15 is 0 Å². The summed E-state index contributed by atoms with van der Waals surface area (Å²) < 4.78 is 12.0. The van der Waals surface area contributed by atoms with E-state index in [1.165, 1.54) is 11.1 Å². The number of allylic oxidation sites excluding steroid dienone is 2. The molecule has 0 spiro atoms. The van der Waals surface area contributed by atoms with Gasteiger partial charge in [0.05, 0.1) is 18.2 Å². The summed E-state index contributed by atoms with van der Waals surface area (Å²) in [6.07, 6.45) is 8.51. The van der Waals surface area contributed by atoms with Crippen LogP contribution < -0.4 is 14.8 Å². The molecule has 0 saturated heterocycles. The molecule has 1 atom stereocenters. The number of anilines is 1. The van der Waals surface area contributed by atoms with Gasteiger partial charge >= 0.3 is 0 Å². The highest BCUT2D eigenvalue weighted by molar-refractivity contribution is 5.92. The van der Waals surface area contributed by atoms with Crippen LogP contribution in [0.2, 0.25) is 0 Å². The zero-order valence-electron chi connectivity index (χ0n) is 17.8. The lowest BCUT2D eigenvalue weighted by Crippen LogP contribution is -2.32. The average Bonchev–Trinajstić information content (AvgIpc) is 2.66. The molecule has 2 aliphatic heterocycles. The molecule has 2 aromatic carbocycles. The van der Waals surface area contributed by atoms with Crippen LogP contribution in [-0.2, 0) is 0 Å². The number of unbranched alkanes of at least 4 members (excludes halogenated alkanes) is 1. The van der Waals surface area contributed by atoms with Crippen LogP contribution in [0, 0.1) is 0 Å². The van der Waals surface area contributed by atoms with E-state index < -0.39 is 0 Å². The lowest BCUT2D eigenvalue weighted by atomic mass is 9.81. The number of methoxy groups -OCH3 is 1. The largest absolute Gasteiger partial charge is 0.504 e. The van der Waals surface area contributed by atoms with Crippen LogP contribution in [0.1, 0.15) is 57.8 Å². The van der Waals surface area contributed by atoms with Gasteiger partial charge in [0, 0.05) is 16.8 Å². The molecule has 4 nitrogen and oxygen atoms in total. The summed E-state index contributed by atoms with van der Waals surface area (Å²) in [5, 5.41) is 14.0. The number of phenols is 1. The fourth-order valence-electron chi connectivity index (χ4n) is 4.49. The van der Waals surface area contributed by atoms with Gasteiger partial charge in [-0.1, -0.05) is 31.6 Å². The van der Waals surface area contributed by atoms with E-state index in [0.717, 1.165) is 41.0 Å². The number of nitrogens with one attached hydrogen (secondary N) is 1. The summed E-state index contributed by atoms with van der Waals surface area (Å²) >= 11 is 0. The SMILES string of the molecule is CCC/C=C/C1Oc2ccc(O)c(OC)c2-c2ccc3c(c21)C(C)=CC(C)(C)N3. The molecular formula is C25H29NO3. The first-order valence-corrected chi connectivity index (χ1v) is 10.2. The first-order valence-electron chi connectivity index (χ1n) is 10.2. The highest BCUT2D eigenvalue weighted by atomic mass is 16.5. The highest BCUT2D eigenvalue weighted by Gasteiger charge is 2.34. The van der Waals surface area contributed by atoms with Gasteiger partial charge in [-0.25, -0.2) is 0 Å². The number of benzene rings is 2. The standard InChI is InChI=1S/C25H29NO3/c1-6-7-8-9-19-22-16(23-20(29-19)13-12-18(27)24(23)28-5)10-11-17-21(22)15(2)14-25(3,4)26-17/h8-14,19,26-27H,6-7H2,1-5H3/b9-8+. The Labute approximate surface area is 172 Å². The van der Waals surface area contributed by atoms with Crippen molar-refractivity contribution in [2.45, 2.75) is 52.2 Å². The van der Waals surface area contributed by atoms with Crippen LogP contribution in [0.4, 0.5) is 5.69 Å². The van der Waals surface area contributed by atoms with E-state index in [9.17, 15) is 5.11 Å². The minimum atomic E-state index is -0.195.